The van der Waals surface area contributed by atoms with Gasteiger partial charge in [0, 0.05) is 30.2 Å². The lowest BCUT2D eigenvalue weighted by atomic mass is 10.1. The first kappa shape index (κ1) is 13.0. The summed E-state index contributed by atoms with van der Waals surface area (Å²) in [5.41, 5.74) is 7.97. The summed E-state index contributed by atoms with van der Waals surface area (Å²) in [6.07, 6.45) is 0. The lowest BCUT2D eigenvalue weighted by Crippen LogP contribution is -2.19. The van der Waals surface area contributed by atoms with Crippen LogP contribution >= 0.6 is 11.3 Å². The normalized spacial score (nSPS) is 10.7. The Kier molecular flexibility index (Phi) is 3.93. The van der Waals surface area contributed by atoms with Crippen LogP contribution < -0.4 is 10.6 Å². The fourth-order valence-electron chi connectivity index (χ4n) is 1.92. The number of halogens is 1. The maximum Gasteiger partial charge on any atom is 0.129 e. The van der Waals surface area contributed by atoms with Crippen molar-refractivity contribution in [3.63, 3.8) is 0 Å². The van der Waals surface area contributed by atoms with Crippen molar-refractivity contribution in [2.45, 2.75) is 20.0 Å². The van der Waals surface area contributed by atoms with Gasteiger partial charge in [0.15, 0.2) is 0 Å². The minimum atomic E-state index is -0.253. The average molecular weight is 265 g/mol. The highest BCUT2D eigenvalue weighted by Gasteiger charge is 2.11. The van der Waals surface area contributed by atoms with Crippen LogP contribution in [-0.2, 0) is 13.1 Å². The molecule has 96 valence electrons. The summed E-state index contributed by atoms with van der Waals surface area (Å²) < 4.78 is 13.6. The number of rotatable bonds is 4. The molecular formula is C13H16FN3S. The molecule has 2 aromatic rings. The van der Waals surface area contributed by atoms with Crippen molar-refractivity contribution >= 4 is 17.0 Å². The van der Waals surface area contributed by atoms with Crippen LogP contribution in [0.2, 0.25) is 0 Å². The third kappa shape index (κ3) is 2.68. The largest absolute Gasteiger partial charge is 0.368 e. The fourth-order valence-corrected chi connectivity index (χ4v) is 2.52. The van der Waals surface area contributed by atoms with Gasteiger partial charge >= 0.3 is 0 Å². The Balaban J connectivity index is 2.23. The molecule has 2 N–H and O–H groups in total. The third-order valence-electron chi connectivity index (χ3n) is 2.78. The number of hydrogen-bond acceptors (Lipinski definition) is 4. The van der Waals surface area contributed by atoms with Gasteiger partial charge < -0.3 is 10.6 Å². The Labute approximate surface area is 110 Å². The van der Waals surface area contributed by atoms with Crippen LogP contribution in [0.25, 0.3) is 0 Å². The molecule has 0 fully saturated rings. The number of aromatic nitrogens is 1. The number of benzene rings is 1. The zero-order chi connectivity index (χ0) is 13.1. The van der Waals surface area contributed by atoms with Gasteiger partial charge in [-0.1, -0.05) is 6.07 Å². The van der Waals surface area contributed by atoms with Crippen LogP contribution in [-0.4, -0.2) is 12.0 Å². The molecule has 0 radical (unpaired) electrons. The summed E-state index contributed by atoms with van der Waals surface area (Å²) in [6, 6.07) is 5.02. The van der Waals surface area contributed by atoms with E-state index in [1.165, 1.54) is 6.07 Å². The van der Waals surface area contributed by atoms with Gasteiger partial charge in [-0.15, -0.1) is 11.3 Å². The predicted octanol–water partition coefficient (Wildman–Crippen LogP) is 2.69. The molecule has 1 aromatic heterocycles. The predicted molar refractivity (Wildman–Crippen MR) is 73.2 cm³/mol. The van der Waals surface area contributed by atoms with Gasteiger partial charge in [-0.05, 0) is 19.1 Å². The van der Waals surface area contributed by atoms with Crippen molar-refractivity contribution in [1.29, 1.82) is 0 Å². The van der Waals surface area contributed by atoms with E-state index in [2.05, 4.69) is 4.98 Å². The van der Waals surface area contributed by atoms with Gasteiger partial charge in [-0.25, -0.2) is 9.37 Å². The van der Waals surface area contributed by atoms with Crippen LogP contribution in [0.1, 0.15) is 16.3 Å². The van der Waals surface area contributed by atoms with E-state index >= 15 is 0 Å². The van der Waals surface area contributed by atoms with Gasteiger partial charge in [0.1, 0.15) is 5.82 Å². The number of aryl methyl sites for hydroxylation is 1. The van der Waals surface area contributed by atoms with Crippen molar-refractivity contribution in [2.24, 2.45) is 5.73 Å². The summed E-state index contributed by atoms with van der Waals surface area (Å²) in [6.45, 7) is 2.82. The monoisotopic (exact) mass is 265 g/mol. The highest BCUT2D eigenvalue weighted by atomic mass is 32.1. The van der Waals surface area contributed by atoms with E-state index in [0.29, 0.717) is 12.1 Å². The highest BCUT2D eigenvalue weighted by Crippen LogP contribution is 2.23. The Hall–Kier alpha value is -1.46. The Morgan fingerprint density at radius 1 is 1.44 bits per heavy atom. The van der Waals surface area contributed by atoms with Crippen LogP contribution in [0.5, 0.6) is 0 Å². The molecule has 0 aliphatic rings. The van der Waals surface area contributed by atoms with Crippen molar-refractivity contribution < 1.29 is 4.39 Å². The summed E-state index contributed by atoms with van der Waals surface area (Å²) in [7, 11) is 1.92. The second-order valence-electron chi connectivity index (χ2n) is 4.16. The van der Waals surface area contributed by atoms with Gasteiger partial charge in [0.25, 0.3) is 0 Å². The Bertz CT molecular complexity index is 539. The first-order chi connectivity index (χ1) is 8.61. The SMILES string of the molecule is Cc1nc(CN(C)c2cccc(F)c2CN)cs1. The maximum absolute atomic E-state index is 13.6. The smallest absolute Gasteiger partial charge is 0.129 e. The molecule has 2 rings (SSSR count). The van der Waals surface area contributed by atoms with Gasteiger partial charge in [-0.3, -0.25) is 0 Å². The zero-order valence-electron chi connectivity index (χ0n) is 10.5. The van der Waals surface area contributed by atoms with Crippen molar-refractivity contribution in [1.82, 2.24) is 4.98 Å². The summed E-state index contributed by atoms with van der Waals surface area (Å²) in [4.78, 5) is 6.38. The van der Waals surface area contributed by atoms with Crippen LogP contribution in [0.4, 0.5) is 10.1 Å². The third-order valence-corrected chi connectivity index (χ3v) is 3.60. The first-order valence-corrected chi connectivity index (χ1v) is 6.59. The Morgan fingerprint density at radius 2 is 2.22 bits per heavy atom. The molecule has 0 aliphatic carbocycles. The number of hydrogen-bond donors (Lipinski definition) is 1. The van der Waals surface area contributed by atoms with E-state index in [1.807, 2.05) is 30.3 Å². The maximum atomic E-state index is 13.6. The molecule has 5 heteroatoms. The number of thiazole rings is 1. The molecule has 18 heavy (non-hydrogen) atoms. The fraction of sp³-hybridized carbons (Fsp3) is 0.308. The van der Waals surface area contributed by atoms with E-state index in [-0.39, 0.29) is 12.4 Å². The number of nitrogens with two attached hydrogens (primary N) is 1. The van der Waals surface area contributed by atoms with Gasteiger partial charge in [0.05, 0.1) is 17.2 Å². The quantitative estimate of drug-likeness (QED) is 0.924. The molecule has 0 unspecified atom stereocenters. The lowest BCUT2D eigenvalue weighted by molar-refractivity contribution is 0.609. The second-order valence-corrected chi connectivity index (χ2v) is 5.22. The topological polar surface area (TPSA) is 42.2 Å². The first-order valence-electron chi connectivity index (χ1n) is 5.71. The summed E-state index contributed by atoms with van der Waals surface area (Å²) in [5.74, 6) is -0.253. The van der Waals surface area contributed by atoms with E-state index in [1.54, 1.807) is 17.4 Å². The summed E-state index contributed by atoms with van der Waals surface area (Å²) in [5, 5.41) is 3.06. The molecule has 0 saturated carbocycles. The lowest BCUT2D eigenvalue weighted by Gasteiger charge is -2.21. The minimum Gasteiger partial charge on any atom is -0.368 e. The van der Waals surface area contributed by atoms with Gasteiger partial charge in [-0.2, -0.15) is 0 Å². The molecule has 1 aromatic carbocycles. The molecule has 3 nitrogen and oxygen atoms in total. The zero-order valence-corrected chi connectivity index (χ0v) is 11.3. The highest BCUT2D eigenvalue weighted by molar-refractivity contribution is 7.09. The number of nitrogens with zero attached hydrogens (tertiary/aromatic N) is 2. The standard InChI is InChI=1S/C13H16FN3S/c1-9-16-10(8-18-9)7-17(2)13-5-3-4-12(14)11(13)6-15/h3-5,8H,6-7,15H2,1-2H3. The molecule has 0 bridgehead atoms. The molecule has 0 saturated heterocycles. The molecule has 0 atom stereocenters. The van der Waals surface area contributed by atoms with E-state index in [9.17, 15) is 4.39 Å². The Morgan fingerprint density at radius 3 is 2.83 bits per heavy atom. The summed E-state index contributed by atoms with van der Waals surface area (Å²) >= 11 is 1.62. The van der Waals surface area contributed by atoms with Crippen molar-refractivity contribution in [3.8, 4) is 0 Å². The molecule has 1 heterocycles. The van der Waals surface area contributed by atoms with Gasteiger partial charge in [0.2, 0.25) is 0 Å². The van der Waals surface area contributed by atoms with Crippen molar-refractivity contribution in [3.05, 3.63) is 45.7 Å². The van der Waals surface area contributed by atoms with Crippen LogP contribution in [0.3, 0.4) is 0 Å². The van der Waals surface area contributed by atoms with Crippen LogP contribution in [0, 0.1) is 12.7 Å². The van der Waals surface area contributed by atoms with Crippen LogP contribution in [0.15, 0.2) is 23.6 Å². The second kappa shape index (κ2) is 5.46. The minimum absolute atomic E-state index is 0.197. The molecule has 0 amide bonds. The number of anilines is 1. The van der Waals surface area contributed by atoms with Crippen molar-refractivity contribution in [2.75, 3.05) is 11.9 Å². The van der Waals surface area contributed by atoms with E-state index < -0.39 is 0 Å². The molecule has 0 aliphatic heterocycles. The van der Waals surface area contributed by atoms with E-state index in [0.717, 1.165) is 16.4 Å². The molecular weight excluding hydrogens is 249 g/mol. The average Bonchev–Trinajstić information content (AvgIpc) is 2.74. The van der Waals surface area contributed by atoms with E-state index in [4.69, 9.17) is 5.73 Å². The molecule has 0 spiro atoms.